The third-order valence-electron chi connectivity index (χ3n) is 2.34. The zero-order chi connectivity index (χ0) is 12.4. The minimum absolute atomic E-state index is 0.00876. The Morgan fingerprint density at radius 2 is 2.24 bits per heavy atom. The molecule has 0 radical (unpaired) electrons. The van der Waals surface area contributed by atoms with Crippen LogP contribution < -0.4 is 0 Å². The predicted octanol–water partition coefficient (Wildman–Crippen LogP) is 2.82. The van der Waals surface area contributed by atoms with Crippen LogP contribution in [0.25, 0.3) is 6.08 Å². The maximum Gasteiger partial charge on any atom is 0.266 e. The van der Waals surface area contributed by atoms with Crippen LogP contribution in [-0.2, 0) is 4.79 Å². The lowest BCUT2D eigenvalue weighted by Gasteiger charge is -2.05. The second-order valence-electron chi connectivity index (χ2n) is 3.54. The number of thioether (sulfide) groups is 1. The average molecular weight is 358 g/mol. The summed E-state index contributed by atoms with van der Waals surface area (Å²) >= 11 is 3.67. The van der Waals surface area contributed by atoms with Crippen LogP contribution in [0.2, 0.25) is 0 Å². The van der Waals surface area contributed by atoms with E-state index in [1.807, 2.05) is 30.3 Å². The summed E-state index contributed by atoms with van der Waals surface area (Å²) in [5.74, 6) is 0.00876. The van der Waals surface area contributed by atoms with Crippen LogP contribution in [0.15, 0.2) is 34.2 Å². The van der Waals surface area contributed by atoms with Crippen LogP contribution in [0.5, 0.6) is 0 Å². The third kappa shape index (κ3) is 2.71. The number of likely N-dealkylation sites (N-methyl/N-ethyl adjacent to an activating group) is 1. The fourth-order valence-electron chi connectivity index (χ4n) is 1.50. The van der Waals surface area contributed by atoms with Crippen molar-refractivity contribution in [3.05, 3.63) is 38.3 Å². The van der Waals surface area contributed by atoms with Crippen molar-refractivity contribution in [2.45, 2.75) is 0 Å². The van der Waals surface area contributed by atoms with Crippen LogP contribution in [0.4, 0.5) is 0 Å². The van der Waals surface area contributed by atoms with Crippen molar-refractivity contribution in [2.24, 2.45) is 4.99 Å². The Balaban J connectivity index is 2.33. The number of nitrogens with zero attached hydrogens (tertiary/aromatic N) is 2. The van der Waals surface area contributed by atoms with Gasteiger partial charge in [0.15, 0.2) is 5.17 Å². The van der Waals surface area contributed by atoms with Gasteiger partial charge in [-0.25, -0.2) is 0 Å². The van der Waals surface area contributed by atoms with Crippen LogP contribution in [0.3, 0.4) is 0 Å². The summed E-state index contributed by atoms with van der Waals surface area (Å²) in [7, 11) is 3.44. The van der Waals surface area contributed by atoms with E-state index in [0.717, 1.165) is 19.2 Å². The van der Waals surface area contributed by atoms with Crippen LogP contribution in [0.1, 0.15) is 5.56 Å². The molecule has 1 aliphatic rings. The van der Waals surface area contributed by atoms with Crippen molar-refractivity contribution in [3.8, 4) is 0 Å². The number of hydrogen-bond acceptors (Lipinski definition) is 3. The molecule has 1 aromatic carbocycles. The molecule has 1 amide bonds. The Labute approximate surface area is 118 Å². The Morgan fingerprint density at radius 3 is 2.82 bits per heavy atom. The van der Waals surface area contributed by atoms with Gasteiger partial charge in [-0.3, -0.25) is 14.7 Å². The van der Waals surface area contributed by atoms with Gasteiger partial charge in [0.1, 0.15) is 0 Å². The Kier molecular flexibility index (Phi) is 3.88. The summed E-state index contributed by atoms with van der Waals surface area (Å²) in [5.41, 5.74) is 1.04. The molecule has 17 heavy (non-hydrogen) atoms. The molecule has 1 heterocycles. The van der Waals surface area contributed by atoms with Gasteiger partial charge in [0, 0.05) is 17.7 Å². The molecule has 0 atom stereocenters. The number of rotatable bonds is 1. The summed E-state index contributed by atoms with van der Waals surface area (Å²) in [5, 5.41) is 0.742. The normalized spacial score (nSPS) is 20.6. The molecular weight excluding hydrogens is 347 g/mol. The molecule has 0 N–H and O–H groups in total. The molecule has 0 aliphatic carbocycles. The van der Waals surface area contributed by atoms with Gasteiger partial charge in [-0.15, -0.1) is 0 Å². The smallest absolute Gasteiger partial charge is 0.266 e. The lowest BCUT2D eigenvalue weighted by Crippen LogP contribution is -2.23. The first-order chi connectivity index (χ1) is 8.11. The molecule has 0 aromatic heterocycles. The Bertz CT molecular complexity index is 525. The predicted molar refractivity (Wildman–Crippen MR) is 80.9 cm³/mol. The summed E-state index contributed by atoms with van der Waals surface area (Å²) in [6.45, 7) is 0. The van der Waals surface area contributed by atoms with E-state index in [-0.39, 0.29) is 5.91 Å². The molecule has 1 saturated heterocycles. The number of carbonyl (C=O) groups excluding carboxylic acids is 1. The highest BCUT2D eigenvalue weighted by Gasteiger charge is 2.29. The SMILES string of the molecule is CN=C1SC(=Cc2cccc(I)c2)C(=O)N1C. The Hall–Kier alpha value is -0.820. The first-order valence-electron chi connectivity index (χ1n) is 5.02. The van der Waals surface area contributed by atoms with E-state index >= 15 is 0 Å². The molecule has 1 fully saturated rings. The number of hydrogen-bond donors (Lipinski definition) is 0. The van der Waals surface area contributed by atoms with Gasteiger partial charge in [0.2, 0.25) is 0 Å². The van der Waals surface area contributed by atoms with Gasteiger partial charge in [-0.1, -0.05) is 12.1 Å². The van der Waals surface area contributed by atoms with Crippen LogP contribution in [0, 0.1) is 3.57 Å². The van der Waals surface area contributed by atoms with Crippen molar-refractivity contribution in [1.29, 1.82) is 0 Å². The number of amidine groups is 1. The van der Waals surface area contributed by atoms with Gasteiger partial charge in [-0.2, -0.15) is 0 Å². The van der Waals surface area contributed by atoms with E-state index in [1.54, 1.807) is 19.0 Å². The lowest BCUT2D eigenvalue weighted by atomic mass is 10.2. The average Bonchev–Trinajstić information content (AvgIpc) is 2.57. The van der Waals surface area contributed by atoms with Gasteiger partial charge in [0.05, 0.1) is 4.91 Å². The zero-order valence-electron chi connectivity index (χ0n) is 9.48. The number of aliphatic imine (C=N–C) groups is 1. The minimum atomic E-state index is 0.00876. The first kappa shape index (κ1) is 12.6. The standard InChI is InChI=1S/C12H11IN2OS/c1-14-12-15(2)11(16)10(17-12)7-8-4-3-5-9(13)6-8/h3-7H,1-2H3. The van der Waals surface area contributed by atoms with E-state index in [4.69, 9.17) is 0 Å². The fourth-order valence-corrected chi connectivity index (χ4v) is 2.99. The molecule has 0 unspecified atom stereocenters. The molecule has 1 aliphatic heterocycles. The number of carbonyl (C=O) groups is 1. The third-order valence-corrected chi connectivity index (χ3v) is 4.16. The van der Waals surface area contributed by atoms with Gasteiger partial charge >= 0.3 is 0 Å². The molecule has 0 spiro atoms. The molecule has 2 rings (SSSR count). The molecule has 1 aromatic rings. The molecular formula is C12H11IN2OS. The highest BCUT2D eigenvalue weighted by atomic mass is 127. The highest BCUT2D eigenvalue weighted by Crippen LogP contribution is 2.31. The summed E-state index contributed by atoms with van der Waals surface area (Å²) in [6.07, 6.45) is 1.91. The van der Waals surface area contributed by atoms with Crippen LogP contribution in [-0.4, -0.2) is 30.1 Å². The van der Waals surface area contributed by atoms with Gasteiger partial charge in [0.25, 0.3) is 5.91 Å². The highest BCUT2D eigenvalue weighted by molar-refractivity contribution is 14.1. The molecule has 3 nitrogen and oxygen atoms in total. The summed E-state index contributed by atoms with van der Waals surface area (Å²) in [4.78, 5) is 18.3. The van der Waals surface area contributed by atoms with E-state index in [9.17, 15) is 4.79 Å². The summed E-state index contributed by atoms with van der Waals surface area (Å²) < 4.78 is 1.16. The van der Waals surface area contributed by atoms with Gasteiger partial charge in [-0.05, 0) is 58.1 Å². The van der Waals surface area contributed by atoms with E-state index < -0.39 is 0 Å². The first-order valence-corrected chi connectivity index (χ1v) is 6.91. The number of halogens is 1. The van der Waals surface area contributed by atoms with E-state index in [2.05, 4.69) is 27.6 Å². The topological polar surface area (TPSA) is 32.7 Å². The Morgan fingerprint density at radius 1 is 1.47 bits per heavy atom. The quantitative estimate of drug-likeness (QED) is 0.571. The zero-order valence-corrected chi connectivity index (χ0v) is 12.4. The maximum absolute atomic E-state index is 11.9. The fraction of sp³-hybridized carbons (Fsp3) is 0.167. The molecule has 0 bridgehead atoms. The molecule has 5 heteroatoms. The number of amides is 1. The lowest BCUT2D eigenvalue weighted by molar-refractivity contribution is -0.121. The minimum Gasteiger partial charge on any atom is -0.290 e. The van der Waals surface area contributed by atoms with E-state index in [0.29, 0.717) is 0 Å². The second kappa shape index (κ2) is 5.22. The van der Waals surface area contributed by atoms with Gasteiger partial charge < -0.3 is 0 Å². The maximum atomic E-state index is 11.9. The van der Waals surface area contributed by atoms with Crippen molar-refractivity contribution < 1.29 is 4.79 Å². The van der Waals surface area contributed by atoms with E-state index in [1.165, 1.54) is 11.8 Å². The largest absolute Gasteiger partial charge is 0.290 e. The van der Waals surface area contributed by atoms with Crippen molar-refractivity contribution >= 4 is 51.5 Å². The van der Waals surface area contributed by atoms with Crippen molar-refractivity contribution in [1.82, 2.24) is 4.90 Å². The molecule has 0 saturated carbocycles. The van der Waals surface area contributed by atoms with Crippen molar-refractivity contribution in [3.63, 3.8) is 0 Å². The monoisotopic (exact) mass is 358 g/mol. The van der Waals surface area contributed by atoms with Crippen molar-refractivity contribution in [2.75, 3.05) is 14.1 Å². The number of benzene rings is 1. The second-order valence-corrected chi connectivity index (χ2v) is 5.79. The summed E-state index contributed by atoms with van der Waals surface area (Å²) in [6, 6.07) is 8.04. The molecule has 88 valence electrons. The van der Waals surface area contributed by atoms with Crippen LogP contribution >= 0.6 is 34.4 Å².